The lowest BCUT2D eigenvalue weighted by atomic mass is 10.0. The van der Waals surface area contributed by atoms with Gasteiger partial charge in [0.05, 0.1) is 12.1 Å². The van der Waals surface area contributed by atoms with E-state index in [-0.39, 0.29) is 30.6 Å². The quantitative estimate of drug-likeness (QED) is 0.856. The summed E-state index contributed by atoms with van der Waals surface area (Å²) in [5, 5.41) is 0. The third-order valence-corrected chi connectivity index (χ3v) is 4.69. The number of likely N-dealkylation sites (tertiary alicyclic amines) is 1. The van der Waals surface area contributed by atoms with Gasteiger partial charge in [-0.05, 0) is 24.8 Å². The SMILES string of the molecule is CCN(C(=O)C(N)C(C)C)C1CCN(C(=O)OCc2ccccc2)C1. The second-order valence-corrected chi connectivity index (χ2v) is 6.82. The first-order valence-electron chi connectivity index (χ1n) is 8.95. The van der Waals surface area contributed by atoms with Crippen molar-refractivity contribution in [1.29, 1.82) is 0 Å². The topological polar surface area (TPSA) is 75.9 Å². The van der Waals surface area contributed by atoms with E-state index < -0.39 is 6.04 Å². The molecule has 2 unspecified atom stereocenters. The molecule has 6 nitrogen and oxygen atoms in total. The maximum atomic E-state index is 12.6. The van der Waals surface area contributed by atoms with E-state index in [1.807, 2.05) is 51.1 Å². The summed E-state index contributed by atoms with van der Waals surface area (Å²) in [6.07, 6.45) is 0.424. The van der Waals surface area contributed by atoms with Crippen LogP contribution >= 0.6 is 0 Å². The molecule has 1 fully saturated rings. The first-order chi connectivity index (χ1) is 11.9. The lowest BCUT2D eigenvalue weighted by Gasteiger charge is -2.31. The summed E-state index contributed by atoms with van der Waals surface area (Å²) in [5.74, 6) is 0.0527. The Balaban J connectivity index is 1.88. The fourth-order valence-electron chi connectivity index (χ4n) is 3.04. The molecule has 0 saturated carbocycles. The maximum Gasteiger partial charge on any atom is 0.410 e. The largest absolute Gasteiger partial charge is 0.445 e. The van der Waals surface area contributed by atoms with Crippen LogP contribution in [0.25, 0.3) is 0 Å². The summed E-state index contributed by atoms with van der Waals surface area (Å²) < 4.78 is 5.38. The second kappa shape index (κ2) is 8.85. The average molecular weight is 347 g/mol. The lowest BCUT2D eigenvalue weighted by molar-refractivity contribution is -0.135. The predicted octanol–water partition coefficient (Wildman–Crippen LogP) is 2.23. The van der Waals surface area contributed by atoms with E-state index in [0.29, 0.717) is 19.6 Å². The van der Waals surface area contributed by atoms with Gasteiger partial charge in [-0.2, -0.15) is 0 Å². The highest BCUT2D eigenvalue weighted by atomic mass is 16.6. The Morgan fingerprint density at radius 3 is 2.60 bits per heavy atom. The molecule has 1 aromatic rings. The number of carbonyl (C=O) groups is 2. The van der Waals surface area contributed by atoms with Crippen LogP contribution in [0.3, 0.4) is 0 Å². The van der Waals surface area contributed by atoms with Crippen LogP contribution in [0.5, 0.6) is 0 Å². The first kappa shape index (κ1) is 19.2. The van der Waals surface area contributed by atoms with Gasteiger partial charge in [-0.1, -0.05) is 44.2 Å². The number of hydrogen-bond acceptors (Lipinski definition) is 4. The second-order valence-electron chi connectivity index (χ2n) is 6.82. The van der Waals surface area contributed by atoms with Gasteiger partial charge in [0.2, 0.25) is 5.91 Å². The normalized spacial score (nSPS) is 18.3. The van der Waals surface area contributed by atoms with Crippen LogP contribution in [0, 0.1) is 5.92 Å². The number of ether oxygens (including phenoxy) is 1. The summed E-state index contributed by atoms with van der Waals surface area (Å²) in [4.78, 5) is 28.3. The molecule has 2 N–H and O–H groups in total. The van der Waals surface area contributed by atoms with Crippen molar-refractivity contribution in [2.24, 2.45) is 11.7 Å². The van der Waals surface area contributed by atoms with Crippen LogP contribution in [-0.2, 0) is 16.1 Å². The number of likely N-dealkylation sites (N-methyl/N-ethyl adjacent to an activating group) is 1. The number of amides is 2. The van der Waals surface area contributed by atoms with Gasteiger partial charge in [0.25, 0.3) is 0 Å². The molecule has 1 heterocycles. The van der Waals surface area contributed by atoms with Crippen LogP contribution < -0.4 is 5.73 Å². The van der Waals surface area contributed by atoms with E-state index >= 15 is 0 Å². The molecule has 138 valence electrons. The zero-order valence-electron chi connectivity index (χ0n) is 15.4. The molecule has 2 amide bonds. The summed E-state index contributed by atoms with van der Waals surface area (Å²) in [6.45, 7) is 7.78. The highest BCUT2D eigenvalue weighted by Gasteiger charge is 2.35. The predicted molar refractivity (Wildman–Crippen MR) is 96.8 cm³/mol. The lowest BCUT2D eigenvalue weighted by Crippen LogP contribution is -2.51. The molecule has 25 heavy (non-hydrogen) atoms. The molecule has 0 radical (unpaired) electrons. The van der Waals surface area contributed by atoms with Gasteiger partial charge < -0.3 is 20.3 Å². The van der Waals surface area contributed by atoms with Crippen molar-refractivity contribution in [3.8, 4) is 0 Å². The van der Waals surface area contributed by atoms with Gasteiger partial charge in [-0.15, -0.1) is 0 Å². The van der Waals surface area contributed by atoms with E-state index in [0.717, 1.165) is 12.0 Å². The summed E-state index contributed by atoms with van der Waals surface area (Å²) in [6, 6.07) is 9.10. The fraction of sp³-hybridized carbons (Fsp3) is 0.579. The highest BCUT2D eigenvalue weighted by Crippen LogP contribution is 2.19. The van der Waals surface area contributed by atoms with Gasteiger partial charge in [0.1, 0.15) is 6.61 Å². The van der Waals surface area contributed by atoms with Crippen molar-refractivity contribution in [2.75, 3.05) is 19.6 Å². The van der Waals surface area contributed by atoms with Crippen LogP contribution in [0.2, 0.25) is 0 Å². The molecule has 0 aromatic heterocycles. The minimum absolute atomic E-state index is 0.00609. The van der Waals surface area contributed by atoms with Crippen molar-refractivity contribution >= 4 is 12.0 Å². The molecule has 1 aromatic carbocycles. The van der Waals surface area contributed by atoms with E-state index in [1.54, 1.807) is 9.80 Å². The minimum Gasteiger partial charge on any atom is -0.445 e. The van der Waals surface area contributed by atoms with Gasteiger partial charge in [-0.3, -0.25) is 4.79 Å². The highest BCUT2D eigenvalue weighted by molar-refractivity contribution is 5.82. The first-order valence-corrected chi connectivity index (χ1v) is 8.95. The number of hydrogen-bond donors (Lipinski definition) is 1. The van der Waals surface area contributed by atoms with Crippen molar-refractivity contribution in [3.63, 3.8) is 0 Å². The number of rotatable bonds is 6. The van der Waals surface area contributed by atoms with E-state index in [1.165, 1.54) is 0 Å². The van der Waals surface area contributed by atoms with Crippen LogP contribution in [0.4, 0.5) is 4.79 Å². The zero-order chi connectivity index (χ0) is 18.4. The Morgan fingerprint density at radius 1 is 1.32 bits per heavy atom. The van der Waals surface area contributed by atoms with Gasteiger partial charge in [0.15, 0.2) is 0 Å². The monoisotopic (exact) mass is 347 g/mol. The molecule has 2 rings (SSSR count). The zero-order valence-corrected chi connectivity index (χ0v) is 15.4. The number of nitrogens with zero attached hydrogens (tertiary/aromatic N) is 2. The van der Waals surface area contributed by atoms with Gasteiger partial charge >= 0.3 is 6.09 Å². The average Bonchev–Trinajstić information content (AvgIpc) is 3.10. The Labute approximate surface area is 149 Å². The Bertz CT molecular complexity index is 577. The smallest absolute Gasteiger partial charge is 0.410 e. The van der Waals surface area contributed by atoms with Crippen LogP contribution in [-0.4, -0.2) is 53.5 Å². The van der Waals surface area contributed by atoms with E-state index in [4.69, 9.17) is 10.5 Å². The van der Waals surface area contributed by atoms with Gasteiger partial charge in [-0.25, -0.2) is 4.79 Å². The molecule has 1 saturated heterocycles. The molecule has 0 bridgehead atoms. The molecular weight excluding hydrogens is 318 g/mol. The summed E-state index contributed by atoms with van der Waals surface area (Å²) in [5.41, 5.74) is 6.97. The van der Waals surface area contributed by atoms with Crippen LogP contribution in [0.1, 0.15) is 32.8 Å². The van der Waals surface area contributed by atoms with Crippen molar-refractivity contribution in [3.05, 3.63) is 35.9 Å². The molecule has 0 aliphatic carbocycles. The van der Waals surface area contributed by atoms with Crippen LogP contribution in [0.15, 0.2) is 30.3 Å². The van der Waals surface area contributed by atoms with Crippen molar-refractivity contribution in [2.45, 2.75) is 45.9 Å². The molecule has 1 aliphatic rings. The third kappa shape index (κ3) is 4.95. The number of carbonyl (C=O) groups excluding carboxylic acids is 2. The maximum absolute atomic E-state index is 12.6. The van der Waals surface area contributed by atoms with Gasteiger partial charge in [0, 0.05) is 19.6 Å². The van der Waals surface area contributed by atoms with E-state index in [9.17, 15) is 9.59 Å². The Morgan fingerprint density at radius 2 is 2.00 bits per heavy atom. The third-order valence-electron chi connectivity index (χ3n) is 4.69. The van der Waals surface area contributed by atoms with Crippen molar-refractivity contribution < 1.29 is 14.3 Å². The number of nitrogens with two attached hydrogens (primary N) is 1. The molecule has 1 aliphatic heterocycles. The summed E-state index contributed by atoms with van der Waals surface area (Å²) in [7, 11) is 0. The molecule has 6 heteroatoms. The number of benzene rings is 1. The Hall–Kier alpha value is -2.08. The fourth-order valence-corrected chi connectivity index (χ4v) is 3.04. The standard InChI is InChI=1S/C19H29N3O3/c1-4-22(18(23)17(20)14(2)3)16-10-11-21(12-16)19(24)25-13-15-8-6-5-7-9-15/h5-9,14,16-17H,4,10-13,20H2,1-3H3. The van der Waals surface area contributed by atoms with Crippen molar-refractivity contribution in [1.82, 2.24) is 9.80 Å². The molecule has 2 atom stereocenters. The van der Waals surface area contributed by atoms with E-state index in [2.05, 4.69) is 0 Å². The minimum atomic E-state index is -0.501. The molecular formula is C19H29N3O3. The summed E-state index contributed by atoms with van der Waals surface area (Å²) >= 11 is 0. The molecule has 0 spiro atoms. The Kier molecular flexibility index (Phi) is 6.82.